The number of hydrogen-bond acceptors (Lipinski definition) is 5. The molecule has 0 bridgehead atoms. The van der Waals surface area contributed by atoms with Crippen molar-refractivity contribution in [2.45, 2.75) is 19.5 Å². The van der Waals surface area contributed by atoms with Crippen LogP contribution in [0.3, 0.4) is 0 Å². The lowest BCUT2D eigenvalue weighted by Crippen LogP contribution is -2.30. The van der Waals surface area contributed by atoms with Gasteiger partial charge in [0.1, 0.15) is 0 Å². The molecule has 0 radical (unpaired) electrons. The number of nitrogens with zero attached hydrogens (tertiary/aromatic N) is 3. The van der Waals surface area contributed by atoms with Gasteiger partial charge in [-0.25, -0.2) is 4.90 Å². The highest BCUT2D eigenvalue weighted by molar-refractivity contribution is 6.42. The lowest BCUT2D eigenvalue weighted by atomic mass is 10.1. The highest BCUT2D eigenvalue weighted by atomic mass is 35.5. The summed E-state index contributed by atoms with van der Waals surface area (Å²) in [5.41, 5.74) is 1.88. The molecule has 1 aliphatic heterocycles. The highest BCUT2D eigenvalue weighted by Crippen LogP contribution is 2.34. The standard InChI is InChI=1S/C19H11ClF3N3O3/c1-9-7-10(8-14-24-25-18(29-14)19(21,22)23)5-6-13(9)26-16(27)11-3-2-4-12(20)15(11)17(26)28/h2-7H,8H2,1H3. The lowest BCUT2D eigenvalue weighted by molar-refractivity contribution is -0.157. The van der Waals surface area contributed by atoms with Crippen LogP contribution >= 0.6 is 11.6 Å². The van der Waals surface area contributed by atoms with Gasteiger partial charge in [0.25, 0.3) is 11.8 Å². The Balaban J connectivity index is 1.62. The Morgan fingerprint density at radius 1 is 1.10 bits per heavy atom. The van der Waals surface area contributed by atoms with Crippen molar-refractivity contribution < 1.29 is 27.2 Å². The Hall–Kier alpha value is -3.20. The third kappa shape index (κ3) is 3.27. The van der Waals surface area contributed by atoms with Gasteiger partial charge in [-0.2, -0.15) is 13.2 Å². The van der Waals surface area contributed by atoms with E-state index in [4.69, 9.17) is 11.6 Å². The summed E-state index contributed by atoms with van der Waals surface area (Å²) in [6, 6.07) is 9.40. The molecular weight excluding hydrogens is 411 g/mol. The number of hydrogen-bond donors (Lipinski definition) is 0. The summed E-state index contributed by atoms with van der Waals surface area (Å²) < 4.78 is 42.3. The van der Waals surface area contributed by atoms with Crippen LogP contribution in [0.4, 0.5) is 18.9 Å². The lowest BCUT2D eigenvalue weighted by Gasteiger charge is -2.17. The smallest absolute Gasteiger partial charge is 0.417 e. The van der Waals surface area contributed by atoms with Crippen molar-refractivity contribution in [1.29, 1.82) is 0 Å². The Kier molecular flexibility index (Phi) is 4.42. The average Bonchev–Trinajstić information content (AvgIpc) is 3.20. The number of rotatable bonds is 3. The van der Waals surface area contributed by atoms with E-state index in [2.05, 4.69) is 14.6 Å². The van der Waals surface area contributed by atoms with Crippen molar-refractivity contribution >= 4 is 29.1 Å². The second-order valence-electron chi connectivity index (χ2n) is 6.40. The molecule has 1 aromatic heterocycles. The number of fused-ring (bicyclic) bond motifs is 1. The van der Waals surface area contributed by atoms with E-state index in [1.54, 1.807) is 31.2 Å². The second kappa shape index (κ2) is 6.70. The number of benzene rings is 2. The van der Waals surface area contributed by atoms with Crippen molar-refractivity contribution in [3.8, 4) is 0 Å². The van der Waals surface area contributed by atoms with Gasteiger partial charge >= 0.3 is 12.1 Å². The fourth-order valence-electron chi connectivity index (χ4n) is 3.16. The summed E-state index contributed by atoms with van der Waals surface area (Å²) in [6.45, 7) is 1.68. The van der Waals surface area contributed by atoms with Crippen LogP contribution in [0.15, 0.2) is 40.8 Å². The SMILES string of the molecule is Cc1cc(Cc2nnc(C(F)(F)F)o2)ccc1N1C(=O)c2cccc(Cl)c2C1=O. The largest absolute Gasteiger partial charge is 0.470 e. The average molecular weight is 422 g/mol. The van der Waals surface area contributed by atoms with Crippen LogP contribution < -0.4 is 4.90 Å². The van der Waals surface area contributed by atoms with Gasteiger partial charge in [-0.15, -0.1) is 10.2 Å². The van der Waals surface area contributed by atoms with Crippen LogP contribution in [-0.4, -0.2) is 22.0 Å². The molecule has 10 heteroatoms. The minimum Gasteiger partial charge on any atom is -0.417 e. The van der Waals surface area contributed by atoms with Crippen molar-refractivity contribution in [2.75, 3.05) is 4.90 Å². The Bertz CT molecular complexity index is 1160. The number of alkyl halides is 3. The summed E-state index contributed by atoms with van der Waals surface area (Å²) in [4.78, 5) is 26.5. The van der Waals surface area contributed by atoms with Gasteiger partial charge in [0.05, 0.1) is 28.3 Å². The van der Waals surface area contributed by atoms with Crippen LogP contribution in [0, 0.1) is 6.92 Å². The van der Waals surface area contributed by atoms with Crippen molar-refractivity contribution in [2.24, 2.45) is 0 Å². The van der Waals surface area contributed by atoms with Crippen LogP contribution in [0.5, 0.6) is 0 Å². The van der Waals surface area contributed by atoms with Crippen LogP contribution in [0.2, 0.25) is 5.02 Å². The summed E-state index contributed by atoms with van der Waals surface area (Å²) >= 11 is 6.07. The molecule has 0 N–H and O–H groups in total. The van der Waals surface area contributed by atoms with Gasteiger partial charge in [0, 0.05) is 0 Å². The van der Waals surface area contributed by atoms with Gasteiger partial charge in [0.15, 0.2) is 0 Å². The summed E-state index contributed by atoms with van der Waals surface area (Å²) in [5, 5.41) is 6.57. The maximum Gasteiger partial charge on any atom is 0.470 e. The number of aryl methyl sites for hydroxylation is 1. The number of carbonyl (C=O) groups excluding carboxylic acids is 2. The quantitative estimate of drug-likeness (QED) is 0.584. The molecule has 29 heavy (non-hydrogen) atoms. The van der Waals surface area contributed by atoms with E-state index < -0.39 is 23.9 Å². The number of amides is 2. The molecule has 0 saturated heterocycles. The molecule has 2 heterocycles. The number of halogens is 4. The van der Waals surface area contributed by atoms with Crippen LogP contribution in [0.1, 0.15) is 43.6 Å². The maximum atomic E-state index is 12.7. The molecule has 0 fully saturated rings. The molecule has 0 atom stereocenters. The van der Waals surface area contributed by atoms with Crippen molar-refractivity contribution in [3.05, 3.63) is 75.5 Å². The van der Waals surface area contributed by atoms with Crippen molar-refractivity contribution in [3.63, 3.8) is 0 Å². The van der Waals surface area contributed by atoms with E-state index >= 15 is 0 Å². The third-order valence-electron chi connectivity index (χ3n) is 4.43. The molecule has 4 rings (SSSR count). The van der Waals surface area contributed by atoms with E-state index in [1.807, 2.05) is 0 Å². The Morgan fingerprint density at radius 3 is 2.48 bits per heavy atom. The zero-order chi connectivity index (χ0) is 20.9. The first-order chi connectivity index (χ1) is 13.7. The summed E-state index contributed by atoms with van der Waals surface area (Å²) in [7, 11) is 0. The number of aromatic nitrogens is 2. The number of carbonyl (C=O) groups is 2. The molecule has 0 unspecified atom stereocenters. The normalized spacial score (nSPS) is 13.9. The molecule has 2 aromatic carbocycles. The van der Waals surface area contributed by atoms with Crippen LogP contribution in [0.25, 0.3) is 0 Å². The zero-order valence-corrected chi connectivity index (χ0v) is 15.5. The molecular formula is C19H11ClF3N3O3. The summed E-state index contributed by atoms with van der Waals surface area (Å²) in [5.74, 6) is -2.63. The van der Waals surface area contributed by atoms with Crippen molar-refractivity contribution in [1.82, 2.24) is 10.2 Å². The first-order valence-corrected chi connectivity index (χ1v) is 8.71. The first kappa shape index (κ1) is 19.1. The number of imide groups is 1. The molecule has 0 spiro atoms. The van der Waals surface area contributed by atoms with Gasteiger partial charge in [-0.3, -0.25) is 9.59 Å². The van der Waals surface area contributed by atoms with Gasteiger partial charge in [-0.1, -0.05) is 29.8 Å². The maximum absolute atomic E-state index is 12.7. The molecule has 6 nitrogen and oxygen atoms in total. The minimum absolute atomic E-state index is 0.0296. The topological polar surface area (TPSA) is 76.3 Å². The Morgan fingerprint density at radius 2 is 1.86 bits per heavy atom. The fourth-order valence-corrected chi connectivity index (χ4v) is 3.41. The molecule has 0 aliphatic carbocycles. The van der Waals surface area contributed by atoms with E-state index in [0.717, 1.165) is 4.90 Å². The second-order valence-corrected chi connectivity index (χ2v) is 6.81. The fraction of sp³-hybridized carbons (Fsp3) is 0.158. The van der Waals surface area contributed by atoms with Gasteiger partial charge < -0.3 is 4.42 Å². The third-order valence-corrected chi connectivity index (χ3v) is 4.75. The van der Waals surface area contributed by atoms with Gasteiger partial charge in [0.2, 0.25) is 5.89 Å². The van der Waals surface area contributed by atoms with E-state index in [0.29, 0.717) is 16.8 Å². The highest BCUT2D eigenvalue weighted by Gasteiger charge is 2.39. The Labute approximate surface area is 166 Å². The molecule has 1 aliphatic rings. The van der Waals surface area contributed by atoms with Gasteiger partial charge in [-0.05, 0) is 36.2 Å². The zero-order valence-electron chi connectivity index (χ0n) is 14.7. The molecule has 0 saturated carbocycles. The monoisotopic (exact) mass is 421 g/mol. The molecule has 2 amide bonds. The predicted octanol–water partition coefficient (Wildman–Crippen LogP) is 4.44. The minimum atomic E-state index is -4.71. The van der Waals surface area contributed by atoms with E-state index in [1.165, 1.54) is 12.1 Å². The summed E-state index contributed by atoms with van der Waals surface area (Å²) in [6.07, 6.45) is -4.74. The first-order valence-electron chi connectivity index (χ1n) is 8.33. The molecule has 3 aromatic rings. The molecule has 148 valence electrons. The number of anilines is 1. The van der Waals surface area contributed by atoms with Crippen LogP contribution in [-0.2, 0) is 12.6 Å². The predicted molar refractivity (Wildman–Crippen MR) is 95.9 cm³/mol. The van der Waals surface area contributed by atoms with E-state index in [-0.39, 0.29) is 28.5 Å². The van der Waals surface area contributed by atoms with E-state index in [9.17, 15) is 22.8 Å².